The quantitative estimate of drug-likeness (QED) is 0.834. The van der Waals surface area contributed by atoms with Crippen LogP contribution in [-0.2, 0) is 11.2 Å². The van der Waals surface area contributed by atoms with E-state index in [0.717, 1.165) is 12.1 Å². The van der Waals surface area contributed by atoms with Crippen LogP contribution in [0.1, 0.15) is 12.5 Å². The summed E-state index contributed by atoms with van der Waals surface area (Å²) in [5, 5.41) is 0.963. The summed E-state index contributed by atoms with van der Waals surface area (Å²) in [7, 11) is 0. The minimum atomic E-state index is -0.0754. The average Bonchev–Trinajstić information content (AvgIpc) is 2.79. The van der Waals surface area contributed by atoms with Gasteiger partial charge >= 0.3 is 0 Å². The van der Waals surface area contributed by atoms with Crippen LogP contribution in [0.2, 0.25) is 10.0 Å². The summed E-state index contributed by atoms with van der Waals surface area (Å²) in [6.07, 6.45) is 0.866. The molecule has 1 aliphatic heterocycles. The number of ether oxygens (including phenoxy) is 1. The van der Waals surface area contributed by atoms with Gasteiger partial charge in [-0.05, 0) is 43.2 Å². The summed E-state index contributed by atoms with van der Waals surface area (Å²) < 4.78 is 5.55. The lowest BCUT2D eigenvalue weighted by molar-refractivity contribution is -0.120. The van der Waals surface area contributed by atoms with Crippen LogP contribution in [-0.4, -0.2) is 18.6 Å². The van der Waals surface area contributed by atoms with Crippen molar-refractivity contribution in [3.8, 4) is 5.75 Å². The van der Waals surface area contributed by atoms with Crippen molar-refractivity contribution in [2.75, 3.05) is 11.5 Å². The highest BCUT2D eigenvalue weighted by molar-refractivity contribution is 6.34. The van der Waals surface area contributed by atoms with Crippen molar-refractivity contribution in [3.63, 3.8) is 0 Å². The van der Waals surface area contributed by atoms with Crippen LogP contribution in [0.4, 0.5) is 5.69 Å². The average molecular weight is 336 g/mol. The molecule has 0 saturated heterocycles. The molecule has 114 valence electrons. The van der Waals surface area contributed by atoms with E-state index in [2.05, 4.69) is 6.07 Å². The number of anilines is 1. The number of hydrogen-bond acceptors (Lipinski definition) is 2. The van der Waals surface area contributed by atoms with Crippen molar-refractivity contribution in [2.24, 2.45) is 0 Å². The van der Waals surface area contributed by atoms with Crippen LogP contribution in [0, 0.1) is 0 Å². The highest BCUT2D eigenvalue weighted by Crippen LogP contribution is 2.32. The molecule has 0 unspecified atom stereocenters. The normalized spacial score (nSPS) is 16.5. The third kappa shape index (κ3) is 3.06. The van der Waals surface area contributed by atoms with E-state index in [1.807, 2.05) is 25.1 Å². The van der Waals surface area contributed by atoms with E-state index >= 15 is 0 Å². The predicted octanol–water partition coefficient (Wildman–Crippen LogP) is 4.35. The lowest BCUT2D eigenvalue weighted by atomic mass is 10.1. The van der Waals surface area contributed by atoms with Gasteiger partial charge in [-0.2, -0.15) is 0 Å². The summed E-state index contributed by atoms with van der Waals surface area (Å²) in [6, 6.07) is 13.0. The highest BCUT2D eigenvalue weighted by atomic mass is 35.5. The van der Waals surface area contributed by atoms with Crippen LogP contribution in [0.15, 0.2) is 42.5 Å². The minimum absolute atomic E-state index is 0.0463. The van der Waals surface area contributed by atoms with Gasteiger partial charge in [0.15, 0.2) is 6.61 Å². The van der Waals surface area contributed by atoms with Gasteiger partial charge in [-0.3, -0.25) is 4.79 Å². The molecule has 2 aromatic rings. The maximum Gasteiger partial charge on any atom is 0.265 e. The number of halogens is 2. The van der Waals surface area contributed by atoms with Gasteiger partial charge in [-0.15, -0.1) is 0 Å². The zero-order chi connectivity index (χ0) is 15.7. The van der Waals surface area contributed by atoms with E-state index in [9.17, 15) is 4.79 Å². The zero-order valence-electron chi connectivity index (χ0n) is 12.1. The van der Waals surface area contributed by atoms with Crippen LogP contribution in [0.5, 0.6) is 5.75 Å². The second kappa shape index (κ2) is 6.19. The Hall–Kier alpha value is -1.71. The molecule has 0 radical (unpaired) electrons. The molecule has 1 amide bonds. The number of fused-ring (bicyclic) bond motifs is 1. The van der Waals surface area contributed by atoms with Gasteiger partial charge < -0.3 is 9.64 Å². The summed E-state index contributed by atoms with van der Waals surface area (Å²) in [5.41, 5.74) is 2.15. The summed E-state index contributed by atoms with van der Waals surface area (Å²) in [6.45, 7) is 1.99. The number of rotatable bonds is 3. The van der Waals surface area contributed by atoms with Crippen LogP contribution in [0.3, 0.4) is 0 Å². The van der Waals surface area contributed by atoms with Gasteiger partial charge in [0.05, 0.1) is 0 Å². The topological polar surface area (TPSA) is 29.5 Å². The number of carbonyl (C=O) groups excluding carboxylic acids is 1. The van der Waals surface area contributed by atoms with E-state index < -0.39 is 0 Å². The number of para-hydroxylation sites is 1. The summed E-state index contributed by atoms with van der Waals surface area (Å²) >= 11 is 11.8. The molecule has 0 N–H and O–H groups in total. The van der Waals surface area contributed by atoms with Gasteiger partial charge in [0.2, 0.25) is 0 Å². The zero-order valence-corrected chi connectivity index (χ0v) is 13.6. The van der Waals surface area contributed by atoms with Crippen LogP contribution in [0.25, 0.3) is 0 Å². The third-order valence-corrected chi connectivity index (χ3v) is 4.11. The highest BCUT2D eigenvalue weighted by Gasteiger charge is 2.30. The number of nitrogens with zero attached hydrogens (tertiary/aromatic N) is 1. The van der Waals surface area contributed by atoms with E-state index in [0.29, 0.717) is 15.8 Å². The molecule has 3 rings (SSSR count). The second-order valence-electron chi connectivity index (χ2n) is 5.34. The molecule has 0 spiro atoms. The Morgan fingerprint density at radius 2 is 1.91 bits per heavy atom. The number of hydrogen-bond donors (Lipinski definition) is 0. The first-order valence-electron chi connectivity index (χ1n) is 7.03. The van der Waals surface area contributed by atoms with Gasteiger partial charge in [0, 0.05) is 21.8 Å². The van der Waals surface area contributed by atoms with Crippen molar-refractivity contribution in [1.82, 2.24) is 0 Å². The Balaban J connectivity index is 1.72. The largest absolute Gasteiger partial charge is 0.484 e. The molecule has 0 aromatic heterocycles. The van der Waals surface area contributed by atoms with Gasteiger partial charge in [0.25, 0.3) is 5.91 Å². The van der Waals surface area contributed by atoms with E-state index in [-0.39, 0.29) is 18.6 Å². The number of benzene rings is 2. The van der Waals surface area contributed by atoms with Crippen molar-refractivity contribution >= 4 is 34.8 Å². The first-order chi connectivity index (χ1) is 10.5. The molecule has 3 nitrogen and oxygen atoms in total. The maximum atomic E-state index is 12.5. The molecule has 0 aliphatic carbocycles. The molecule has 0 bridgehead atoms. The van der Waals surface area contributed by atoms with Crippen LogP contribution >= 0.6 is 23.2 Å². The molecule has 1 heterocycles. The van der Waals surface area contributed by atoms with E-state index in [1.54, 1.807) is 23.1 Å². The Morgan fingerprint density at radius 1 is 1.23 bits per heavy atom. The Kier molecular flexibility index (Phi) is 4.27. The third-order valence-electron chi connectivity index (χ3n) is 3.67. The second-order valence-corrected chi connectivity index (χ2v) is 6.21. The standard InChI is InChI=1S/C17H15Cl2NO2/c1-11-6-12-4-2-3-5-16(12)20(11)17(21)10-22-15-8-13(18)7-14(19)9-15/h2-5,7-9,11H,6,10H2,1H3/t11-/m1/s1. The van der Waals surface area contributed by atoms with Crippen molar-refractivity contribution in [2.45, 2.75) is 19.4 Å². The molecular formula is C17H15Cl2NO2. The van der Waals surface area contributed by atoms with Gasteiger partial charge in [-0.25, -0.2) is 0 Å². The van der Waals surface area contributed by atoms with Gasteiger partial charge in [0.1, 0.15) is 5.75 Å². The SMILES string of the molecule is C[C@@H]1Cc2ccccc2N1C(=O)COc1cc(Cl)cc(Cl)c1. The molecular weight excluding hydrogens is 321 g/mol. The first-order valence-corrected chi connectivity index (χ1v) is 7.79. The van der Waals surface area contributed by atoms with E-state index in [1.165, 1.54) is 5.56 Å². The molecule has 1 atom stereocenters. The first kappa shape index (κ1) is 15.2. The lowest BCUT2D eigenvalue weighted by Gasteiger charge is -2.22. The number of amides is 1. The fourth-order valence-corrected chi connectivity index (χ4v) is 3.28. The van der Waals surface area contributed by atoms with Crippen molar-refractivity contribution < 1.29 is 9.53 Å². The van der Waals surface area contributed by atoms with Crippen LogP contribution < -0.4 is 9.64 Å². The molecule has 2 aromatic carbocycles. The van der Waals surface area contributed by atoms with Gasteiger partial charge in [-0.1, -0.05) is 41.4 Å². The predicted molar refractivity (Wildman–Crippen MR) is 89.1 cm³/mol. The minimum Gasteiger partial charge on any atom is -0.484 e. The summed E-state index contributed by atoms with van der Waals surface area (Å²) in [5.74, 6) is 0.416. The molecule has 22 heavy (non-hydrogen) atoms. The molecule has 5 heteroatoms. The Bertz CT molecular complexity index is 697. The monoisotopic (exact) mass is 335 g/mol. The fourth-order valence-electron chi connectivity index (χ4n) is 2.77. The van der Waals surface area contributed by atoms with Crippen molar-refractivity contribution in [1.29, 1.82) is 0 Å². The molecule has 1 aliphatic rings. The Labute approximate surface area is 139 Å². The van der Waals surface area contributed by atoms with Crippen molar-refractivity contribution in [3.05, 3.63) is 58.1 Å². The van der Waals surface area contributed by atoms with E-state index in [4.69, 9.17) is 27.9 Å². The number of carbonyl (C=O) groups is 1. The smallest absolute Gasteiger partial charge is 0.265 e. The lowest BCUT2D eigenvalue weighted by Crippen LogP contribution is -2.39. The molecule has 0 fully saturated rings. The maximum absolute atomic E-state index is 12.5. The Morgan fingerprint density at radius 3 is 2.64 bits per heavy atom. The fraction of sp³-hybridized carbons (Fsp3) is 0.235. The molecule has 0 saturated carbocycles. The summed E-state index contributed by atoms with van der Waals surface area (Å²) in [4.78, 5) is 14.3.